The summed E-state index contributed by atoms with van der Waals surface area (Å²) < 4.78 is 2.43. The molecule has 23 heavy (non-hydrogen) atoms. The Kier molecular flexibility index (Phi) is 7.58. The smallest absolute Gasteiger partial charge is 0.309 e. The van der Waals surface area contributed by atoms with Gasteiger partial charge in [-0.15, -0.1) is 22.2 Å². The van der Waals surface area contributed by atoms with Crippen LogP contribution in [-0.4, -0.2) is 37.3 Å². The Bertz CT molecular complexity index is 328. The minimum Gasteiger partial charge on any atom is -0.314 e. The summed E-state index contributed by atoms with van der Waals surface area (Å²) in [4.78, 5) is 0. The van der Waals surface area contributed by atoms with Crippen molar-refractivity contribution in [2.75, 3.05) is 13.1 Å². The van der Waals surface area contributed by atoms with Gasteiger partial charge in [0, 0.05) is 12.1 Å². The van der Waals surface area contributed by atoms with Crippen LogP contribution in [0.3, 0.4) is 0 Å². The van der Waals surface area contributed by atoms with Crippen molar-refractivity contribution in [1.82, 2.24) is 9.88 Å². The van der Waals surface area contributed by atoms with Gasteiger partial charge in [0.2, 0.25) is 0 Å². The number of piperidine rings is 2. The lowest BCUT2D eigenvalue weighted by molar-refractivity contribution is 0.129. The Morgan fingerprint density at radius 2 is 1.39 bits per heavy atom. The maximum Gasteiger partial charge on any atom is 0.309 e. The molecule has 1 N–H and O–H groups in total. The Hall–Kier alpha value is 0.717. The molecule has 134 valence electrons. The van der Waals surface area contributed by atoms with Crippen molar-refractivity contribution in [1.29, 1.82) is 0 Å². The molecule has 0 aromatic heterocycles. The van der Waals surface area contributed by atoms with Crippen LogP contribution >= 0.6 is 22.2 Å². The summed E-state index contributed by atoms with van der Waals surface area (Å²) in [5.41, 5.74) is 0. The number of nitrogens with zero attached hydrogens (tertiary/aromatic N) is 1. The molecule has 2 heterocycles. The van der Waals surface area contributed by atoms with Crippen LogP contribution in [0.15, 0.2) is 0 Å². The molecule has 2 saturated heterocycles. The van der Waals surface area contributed by atoms with Gasteiger partial charge in [0.05, 0.1) is 0 Å². The van der Waals surface area contributed by atoms with E-state index in [0.29, 0.717) is 0 Å². The standard InChI is InChI=1S/C9H17Cl2NSi.C9H17N/c10-13(11)12-7-3-5-8-4-1-2-6-9(8)12;1-2-6-9-8(4-1)5-3-7-10-9/h8-9,13H,1-7H2;8-10H,1-7H2. The first kappa shape index (κ1) is 18.5. The Morgan fingerprint density at radius 1 is 0.739 bits per heavy atom. The number of hydrogen-bond donors (Lipinski definition) is 1. The van der Waals surface area contributed by atoms with E-state index in [1.807, 2.05) is 0 Å². The largest absolute Gasteiger partial charge is 0.314 e. The fourth-order valence-corrected chi connectivity index (χ4v) is 7.89. The molecule has 4 rings (SSSR count). The monoisotopic (exact) mass is 376 g/mol. The quantitative estimate of drug-likeness (QED) is 0.523. The zero-order chi connectivity index (χ0) is 16.1. The second-order valence-corrected chi connectivity index (χ2v) is 12.4. The second-order valence-electron chi connectivity index (χ2n) is 8.02. The van der Waals surface area contributed by atoms with E-state index in [1.165, 1.54) is 83.6 Å². The maximum atomic E-state index is 6.11. The lowest BCUT2D eigenvalue weighted by Crippen LogP contribution is -2.50. The summed E-state index contributed by atoms with van der Waals surface area (Å²) in [7, 11) is -1.57. The van der Waals surface area contributed by atoms with E-state index in [9.17, 15) is 0 Å². The first-order valence-electron chi connectivity index (χ1n) is 10.0. The molecule has 5 heteroatoms. The fraction of sp³-hybridized carbons (Fsp3) is 1.00. The summed E-state index contributed by atoms with van der Waals surface area (Å²) in [6.07, 6.45) is 17.1. The average molecular weight is 377 g/mol. The normalized spacial score (nSPS) is 38.2. The van der Waals surface area contributed by atoms with Gasteiger partial charge in [-0.25, -0.2) is 0 Å². The van der Waals surface area contributed by atoms with Crippen molar-refractivity contribution < 1.29 is 0 Å². The number of rotatable bonds is 1. The van der Waals surface area contributed by atoms with E-state index in [0.717, 1.165) is 30.5 Å². The van der Waals surface area contributed by atoms with Gasteiger partial charge in [-0.3, -0.25) is 4.57 Å². The molecule has 0 bridgehead atoms. The predicted octanol–water partition coefficient (Wildman–Crippen LogP) is 4.76. The summed E-state index contributed by atoms with van der Waals surface area (Å²) in [6, 6.07) is 1.65. The third kappa shape index (κ3) is 5.10. The summed E-state index contributed by atoms with van der Waals surface area (Å²) in [5.74, 6) is 1.96. The highest BCUT2D eigenvalue weighted by Crippen LogP contribution is 2.36. The van der Waals surface area contributed by atoms with Crippen LogP contribution in [0.25, 0.3) is 0 Å². The van der Waals surface area contributed by atoms with Gasteiger partial charge in [0.25, 0.3) is 0 Å². The highest BCUT2D eigenvalue weighted by Gasteiger charge is 2.35. The average Bonchev–Trinajstić information content (AvgIpc) is 2.62. The van der Waals surface area contributed by atoms with Crippen molar-refractivity contribution in [2.45, 2.75) is 89.1 Å². The minimum atomic E-state index is -1.57. The lowest BCUT2D eigenvalue weighted by atomic mass is 9.79. The summed E-state index contributed by atoms with van der Waals surface area (Å²) in [6.45, 7) is 2.44. The molecular weight excluding hydrogens is 343 g/mol. The molecule has 0 amide bonds. The molecule has 0 aromatic rings. The van der Waals surface area contributed by atoms with E-state index < -0.39 is 7.58 Å². The van der Waals surface area contributed by atoms with Gasteiger partial charge in [-0.2, -0.15) is 0 Å². The van der Waals surface area contributed by atoms with E-state index in [1.54, 1.807) is 0 Å². The van der Waals surface area contributed by atoms with E-state index >= 15 is 0 Å². The van der Waals surface area contributed by atoms with Crippen molar-refractivity contribution in [3.05, 3.63) is 0 Å². The number of halogens is 2. The molecule has 4 unspecified atom stereocenters. The van der Waals surface area contributed by atoms with Crippen LogP contribution in [0.4, 0.5) is 0 Å². The Morgan fingerprint density at radius 3 is 2.17 bits per heavy atom. The van der Waals surface area contributed by atoms with E-state index in [-0.39, 0.29) is 0 Å². The van der Waals surface area contributed by atoms with Gasteiger partial charge < -0.3 is 5.32 Å². The van der Waals surface area contributed by atoms with Crippen LogP contribution in [0.2, 0.25) is 0 Å². The Balaban J connectivity index is 0.000000140. The van der Waals surface area contributed by atoms with Crippen molar-refractivity contribution in [2.24, 2.45) is 11.8 Å². The van der Waals surface area contributed by atoms with Gasteiger partial charge in [-0.05, 0) is 76.3 Å². The predicted molar refractivity (Wildman–Crippen MR) is 104 cm³/mol. The number of fused-ring (bicyclic) bond motifs is 2. The summed E-state index contributed by atoms with van der Waals surface area (Å²) in [5, 5.41) is 3.62. The van der Waals surface area contributed by atoms with Crippen molar-refractivity contribution >= 4 is 29.7 Å². The van der Waals surface area contributed by atoms with E-state index in [4.69, 9.17) is 22.2 Å². The van der Waals surface area contributed by atoms with Crippen LogP contribution < -0.4 is 5.32 Å². The number of nitrogens with one attached hydrogen (secondary N) is 1. The zero-order valence-electron chi connectivity index (χ0n) is 14.5. The SMILES string of the molecule is C1CCC2NCCCC2C1.Cl[SiH](Cl)N1CCCC2CCCCC21. The maximum absolute atomic E-state index is 6.11. The fourth-order valence-electron chi connectivity index (χ4n) is 5.38. The van der Waals surface area contributed by atoms with Crippen LogP contribution in [0.1, 0.15) is 77.0 Å². The van der Waals surface area contributed by atoms with Gasteiger partial charge >= 0.3 is 7.58 Å². The molecule has 0 radical (unpaired) electrons. The summed E-state index contributed by atoms with van der Waals surface area (Å²) >= 11 is 12.2. The molecule has 0 spiro atoms. The molecule has 4 atom stereocenters. The molecule has 2 aliphatic carbocycles. The van der Waals surface area contributed by atoms with Gasteiger partial charge in [0.1, 0.15) is 0 Å². The third-order valence-electron chi connectivity index (χ3n) is 6.60. The van der Waals surface area contributed by atoms with Crippen molar-refractivity contribution in [3.63, 3.8) is 0 Å². The lowest BCUT2D eigenvalue weighted by Gasteiger charge is -2.44. The molecule has 0 aromatic carbocycles. The molecule has 2 nitrogen and oxygen atoms in total. The van der Waals surface area contributed by atoms with Gasteiger partial charge in [0.15, 0.2) is 0 Å². The molecule has 2 saturated carbocycles. The number of hydrogen-bond acceptors (Lipinski definition) is 2. The van der Waals surface area contributed by atoms with Crippen molar-refractivity contribution in [3.8, 4) is 0 Å². The highest BCUT2D eigenvalue weighted by atomic mass is 35.7. The molecule has 2 aliphatic heterocycles. The van der Waals surface area contributed by atoms with Crippen LogP contribution in [0, 0.1) is 11.8 Å². The first-order chi connectivity index (χ1) is 11.3. The van der Waals surface area contributed by atoms with Gasteiger partial charge in [-0.1, -0.05) is 25.7 Å². The highest BCUT2D eigenvalue weighted by molar-refractivity contribution is 7.32. The Labute approximate surface area is 153 Å². The third-order valence-corrected chi connectivity index (χ3v) is 9.25. The van der Waals surface area contributed by atoms with Crippen LogP contribution in [0.5, 0.6) is 0 Å². The molecule has 4 fully saturated rings. The topological polar surface area (TPSA) is 15.3 Å². The minimum absolute atomic E-state index is 0.745. The second kappa shape index (κ2) is 9.42. The van der Waals surface area contributed by atoms with E-state index in [2.05, 4.69) is 9.88 Å². The zero-order valence-corrected chi connectivity index (χ0v) is 17.2. The first-order valence-corrected chi connectivity index (χ1v) is 14.0. The molecular formula is C18H34Cl2N2Si. The van der Waals surface area contributed by atoms with Crippen LogP contribution in [-0.2, 0) is 0 Å². The molecule has 4 aliphatic rings.